The fourth-order valence-corrected chi connectivity index (χ4v) is 5.16. The van der Waals surface area contributed by atoms with Gasteiger partial charge in [-0.1, -0.05) is 42.5 Å². The Morgan fingerprint density at radius 3 is 2.45 bits per heavy atom. The van der Waals surface area contributed by atoms with Crippen molar-refractivity contribution >= 4 is 42.4 Å². The molecule has 0 atom stereocenters. The summed E-state index contributed by atoms with van der Waals surface area (Å²) in [5.74, 6) is -1.05. The van der Waals surface area contributed by atoms with Crippen molar-refractivity contribution < 1.29 is 13.2 Å². The Labute approximate surface area is 175 Å². The molecule has 0 aliphatic rings. The number of carbonyl (C=O) groups is 1. The lowest BCUT2D eigenvalue weighted by Crippen LogP contribution is -2.40. The Balaban J connectivity index is 1.91. The first-order valence-electron chi connectivity index (χ1n) is 9.42. The number of benzene rings is 2. The first-order valence-corrected chi connectivity index (χ1v) is 11.9. The second kappa shape index (κ2) is 9.02. The fraction of sp³-hybridized carbons (Fsp3) is 0.333. The number of nitrogens with zero attached hydrogens (tertiary/aromatic N) is 3. The van der Waals surface area contributed by atoms with Gasteiger partial charge in [0.05, 0.1) is 15.1 Å². The number of amides is 1. The van der Waals surface area contributed by atoms with E-state index in [-0.39, 0.29) is 4.90 Å². The molecule has 0 spiro atoms. The summed E-state index contributed by atoms with van der Waals surface area (Å²) in [6.07, 6.45) is 0.918. The molecule has 6 nitrogen and oxygen atoms in total. The van der Waals surface area contributed by atoms with Crippen LogP contribution in [0.1, 0.15) is 12.5 Å². The lowest BCUT2D eigenvalue weighted by molar-refractivity contribution is -0.116. The average Bonchev–Trinajstić information content (AvgIpc) is 3.10. The third-order valence-electron chi connectivity index (χ3n) is 4.57. The minimum atomic E-state index is -3.72. The minimum absolute atomic E-state index is 0.151. The van der Waals surface area contributed by atoms with Crippen LogP contribution in [-0.4, -0.2) is 57.1 Å². The predicted octanol–water partition coefficient (Wildman–Crippen LogP) is 3.23. The number of fused-ring (bicyclic) bond motifs is 1. The molecule has 0 fully saturated rings. The van der Waals surface area contributed by atoms with Crippen LogP contribution < -0.4 is 4.90 Å². The molecule has 1 heterocycles. The second-order valence-corrected chi connectivity index (χ2v) is 10.1. The molecule has 0 saturated heterocycles. The minimum Gasteiger partial charge on any atom is -0.308 e. The molecule has 0 unspecified atom stereocenters. The van der Waals surface area contributed by atoms with Crippen molar-refractivity contribution in [1.29, 1.82) is 0 Å². The summed E-state index contributed by atoms with van der Waals surface area (Å²) in [5.41, 5.74) is 2.02. The monoisotopic (exact) mass is 431 g/mol. The largest absolute Gasteiger partial charge is 0.308 e. The molecule has 29 heavy (non-hydrogen) atoms. The third kappa shape index (κ3) is 5.20. The molecule has 3 aromatic rings. The number of rotatable bonds is 8. The SMILES string of the molecule is CCc1ccc2nc(N(CCN(C)C)C(=O)CS(=O)(=O)c3ccccc3)sc2c1. The third-order valence-corrected chi connectivity index (χ3v) is 7.23. The Bertz CT molecular complexity index is 1090. The van der Waals surface area contributed by atoms with Crippen LogP contribution in [0.2, 0.25) is 0 Å². The Hall–Kier alpha value is -2.29. The molecule has 0 aliphatic heterocycles. The van der Waals surface area contributed by atoms with E-state index < -0.39 is 21.5 Å². The highest BCUT2D eigenvalue weighted by atomic mass is 32.2. The van der Waals surface area contributed by atoms with E-state index in [0.29, 0.717) is 18.2 Å². The van der Waals surface area contributed by atoms with Gasteiger partial charge in [0, 0.05) is 13.1 Å². The summed E-state index contributed by atoms with van der Waals surface area (Å²) in [6.45, 7) is 3.06. The van der Waals surface area contributed by atoms with E-state index in [4.69, 9.17) is 0 Å². The number of thiazole rings is 1. The number of aryl methyl sites for hydroxylation is 1. The van der Waals surface area contributed by atoms with E-state index in [1.165, 1.54) is 33.9 Å². The maximum Gasteiger partial charge on any atom is 0.244 e. The van der Waals surface area contributed by atoms with E-state index in [2.05, 4.69) is 18.0 Å². The normalized spacial score (nSPS) is 11.9. The van der Waals surface area contributed by atoms with Crippen molar-refractivity contribution in [2.24, 2.45) is 0 Å². The van der Waals surface area contributed by atoms with Crippen molar-refractivity contribution in [2.45, 2.75) is 18.2 Å². The average molecular weight is 432 g/mol. The highest BCUT2D eigenvalue weighted by molar-refractivity contribution is 7.92. The van der Waals surface area contributed by atoms with Gasteiger partial charge in [0.25, 0.3) is 0 Å². The van der Waals surface area contributed by atoms with Crippen LogP contribution >= 0.6 is 11.3 Å². The van der Waals surface area contributed by atoms with Gasteiger partial charge in [-0.25, -0.2) is 13.4 Å². The van der Waals surface area contributed by atoms with Gasteiger partial charge in [-0.3, -0.25) is 9.69 Å². The maximum absolute atomic E-state index is 13.0. The summed E-state index contributed by atoms with van der Waals surface area (Å²) in [6, 6.07) is 14.1. The highest BCUT2D eigenvalue weighted by Crippen LogP contribution is 2.30. The van der Waals surface area contributed by atoms with Crippen molar-refractivity contribution in [2.75, 3.05) is 37.8 Å². The number of hydrogen-bond acceptors (Lipinski definition) is 6. The van der Waals surface area contributed by atoms with Gasteiger partial charge in [0.15, 0.2) is 15.0 Å². The number of sulfone groups is 1. The van der Waals surface area contributed by atoms with Gasteiger partial charge in [0.2, 0.25) is 5.91 Å². The lowest BCUT2D eigenvalue weighted by atomic mass is 10.2. The Morgan fingerprint density at radius 1 is 1.07 bits per heavy atom. The Morgan fingerprint density at radius 2 is 1.79 bits per heavy atom. The number of aromatic nitrogens is 1. The zero-order chi connectivity index (χ0) is 21.0. The first kappa shape index (κ1) is 21.4. The number of likely N-dealkylation sites (N-methyl/N-ethyl adjacent to an activating group) is 1. The fourth-order valence-electron chi connectivity index (χ4n) is 2.87. The lowest BCUT2D eigenvalue weighted by Gasteiger charge is -2.22. The van der Waals surface area contributed by atoms with E-state index >= 15 is 0 Å². The van der Waals surface area contributed by atoms with Crippen LogP contribution in [0.25, 0.3) is 10.2 Å². The predicted molar refractivity (Wildman–Crippen MR) is 118 cm³/mol. The molecule has 0 saturated carbocycles. The summed E-state index contributed by atoms with van der Waals surface area (Å²) >= 11 is 1.42. The maximum atomic E-state index is 13.0. The van der Waals surface area contributed by atoms with E-state index in [1.807, 2.05) is 31.1 Å². The Kier molecular flexibility index (Phi) is 6.66. The van der Waals surface area contributed by atoms with E-state index in [0.717, 1.165) is 16.6 Å². The van der Waals surface area contributed by atoms with Crippen LogP contribution in [-0.2, 0) is 21.1 Å². The molecular formula is C21H25N3O3S2. The second-order valence-electron chi connectivity index (χ2n) is 7.07. The topological polar surface area (TPSA) is 70.6 Å². The summed E-state index contributed by atoms with van der Waals surface area (Å²) in [7, 11) is 0.104. The molecule has 154 valence electrons. The number of hydrogen-bond donors (Lipinski definition) is 0. The van der Waals surface area contributed by atoms with Crippen LogP contribution in [0.4, 0.5) is 5.13 Å². The molecule has 3 rings (SSSR count). The van der Waals surface area contributed by atoms with Crippen LogP contribution in [0.5, 0.6) is 0 Å². The van der Waals surface area contributed by atoms with Gasteiger partial charge >= 0.3 is 0 Å². The van der Waals surface area contributed by atoms with Crippen LogP contribution in [0.3, 0.4) is 0 Å². The molecule has 2 aromatic carbocycles. The van der Waals surface area contributed by atoms with E-state index in [1.54, 1.807) is 18.2 Å². The van der Waals surface area contributed by atoms with Gasteiger partial charge < -0.3 is 4.90 Å². The van der Waals surface area contributed by atoms with Crippen molar-refractivity contribution in [3.8, 4) is 0 Å². The van der Waals surface area contributed by atoms with Crippen LogP contribution in [0, 0.1) is 0 Å². The van der Waals surface area contributed by atoms with Crippen LogP contribution in [0.15, 0.2) is 53.4 Å². The molecule has 1 amide bonds. The summed E-state index contributed by atoms with van der Waals surface area (Å²) < 4.78 is 26.4. The zero-order valence-electron chi connectivity index (χ0n) is 16.8. The quantitative estimate of drug-likeness (QED) is 0.548. The van der Waals surface area contributed by atoms with Crippen molar-refractivity contribution in [3.63, 3.8) is 0 Å². The van der Waals surface area contributed by atoms with E-state index in [9.17, 15) is 13.2 Å². The number of carbonyl (C=O) groups excluding carboxylic acids is 1. The van der Waals surface area contributed by atoms with Crippen molar-refractivity contribution in [3.05, 3.63) is 54.1 Å². The molecular weight excluding hydrogens is 406 g/mol. The van der Waals surface area contributed by atoms with Gasteiger partial charge in [-0.05, 0) is 50.3 Å². The first-order chi connectivity index (χ1) is 13.8. The molecule has 0 radical (unpaired) electrons. The molecule has 0 N–H and O–H groups in total. The smallest absolute Gasteiger partial charge is 0.244 e. The summed E-state index contributed by atoms with van der Waals surface area (Å²) in [4.78, 5) is 21.2. The van der Waals surface area contributed by atoms with Crippen molar-refractivity contribution in [1.82, 2.24) is 9.88 Å². The molecule has 8 heteroatoms. The highest BCUT2D eigenvalue weighted by Gasteiger charge is 2.26. The molecule has 0 bridgehead atoms. The van der Waals surface area contributed by atoms with Gasteiger partial charge in [-0.15, -0.1) is 0 Å². The van der Waals surface area contributed by atoms with Gasteiger partial charge in [0.1, 0.15) is 5.75 Å². The van der Waals surface area contributed by atoms with Gasteiger partial charge in [-0.2, -0.15) is 0 Å². The molecule has 1 aromatic heterocycles. The number of anilines is 1. The standard InChI is InChI=1S/C21H25N3O3S2/c1-4-16-10-11-18-19(14-16)28-21(22-18)24(13-12-23(2)3)20(25)15-29(26,27)17-8-6-5-7-9-17/h5-11,14H,4,12-13,15H2,1-3H3. The zero-order valence-corrected chi connectivity index (χ0v) is 18.5. The summed E-state index contributed by atoms with van der Waals surface area (Å²) in [5, 5.41) is 0.531. The molecule has 0 aliphatic carbocycles.